The summed E-state index contributed by atoms with van der Waals surface area (Å²) in [5.41, 5.74) is 9.60. The average Bonchev–Trinajstić information content (AvgIpc) is 2.80. The van der Waals surface area contributed by atoms with E-state index in [4.69, 9.17) is 15.2 Å². The van der Waals surface area contributed by atoms with E-state index in [-0.39, 0.29) is 11.9 Å². The first kappa shape index (κ1) is 23.6. The van der Waals surface area contributed by atoms with Crippen molar-refractivity contribution in [3.8, 4) is 11.8 Å². The third-order valence-electron chi connectivity index (χ3n) is 6.77. The summed E-state index contributed by atoms with van der Waals surface area (Å²) in [7, 11) is 0. The lowest BCUT2D eigenvalue weighted by molar-refractivity contribution is -0.112. The quantitative estimate of drug-likeness (QED) is 0.651. The molecule has 6 heteroatoms. The number of carbonyl (C=O) groups is 1. The van der Waals surface area contributed by atoms with Gasteiger partial charge in [-0.3, -0.25) is 9.78 Å². The number of rotatable bonds is 5. The maximum Gasteiger partial charge on any atom is 0.195 e. The highest BCUT2D eigenvalue weighted by molar-refractivity contribution is 6.15. The van der Waals surface area contributed by atoms with Crippen molar-refractivity contribution >= 4 is 5.78 Å². The molecule has 34 heavy (non-hydrogen) atoms. The fraction of sp³-hybridized carbons (Fsp3) is 0.393. The summed E-state index contributed by atoms with van der Waals surface area (Å²) in [6, 6.07) is 5.81. The first-order valence-corrected chi connectivity index (χ1v) is 11.6. The molecule has 0 radical (unpaired) electrons. The van der Waals surface area contributed by atoms with E-state index in [2.05, 4.69) is 24.9 Å². The van der Waals surface area contributed by atoms with Gasteiger partial charge in [-0.1, -0.05) is 19.9 Å². The zero-order valence-corrected chi connectivity index (χ0v) is 20.4. The van der Waals surface area contributed by atoms with Gasteiger partial charge < -0.3 is 15.2 Å². The number of nitrogens with zero attached hydrogens (tertiary/aromatic N) is 2. The van der Waals surface area contributed by atoms with E-state index >= 15 is 0 Å². The SMILES string of the molecule is CC(C)OC1=CC2=C(CC1(C)Oc1ccncc1)C(C)(C)C(N)=C(C1=CC=C(C#N)CC1)C2=O. The van der Waals surface area contributed by atoms with Crippen molar-refractivity contribution < 1.29 is 14.3 Å². The van der Waals surface area contributed by atoms with E-state index < -0.39 is 11.0 Å². The average molecular weight is 458 g/mol. The number of allylic oxidation sites excluding steroid dienone is 8. The van der Waals surface area contributed by atoms with Gasteiger partial charge in [0.05, 0.1) is 12.2 Å². The van der Waals surface area contributed by atoms with Crippen LogP contribution in [0.5, 0.6) is 5.75 Å². The third-order valence-corrected chi connectivity index (χ3v) is 6.77. The Bertz CT molecular complexity index is 1220. The van der Waals surface area contributed by atoms with Crippen LogP contribution in [0.4, 0.5) is 0 Å². The van der Waals surface area contributed by atoms with Crippen molar-refractivity contribution in [2.24, 2.45) is 11.1 Å². The molecule has 1 aromatic heterocycles. The number of nitrogens with two attached hydrogens (primary N) is 1. The number of ether oxygens (including phenoxy) is 2. The number of carbonyl (C=O) groups excluding carboxylic acids is 1. The number of pyridine rings is 1. The van der Waals surface area contributed by atoms with Crippen molar-refractivity contribution in [3.05, 3.63) is 82.1 Å². The van der Waals surface area contributed by atoms with Gasteiger partial charge in [0.25, 0.3) is 0 Å². The molecule has 0 aromatic carbocycles. The lowest BCUT2D eigenvalue weighted by atomic mass is 9.64. The second-order valence-corrected chi connectivity index (χ2v) is 10.00. The highest BCUT2D eigenvalue weighted by Crippen LogP contribution is 2.51. The van der Waals surface area contributed by atoms with Gasteiger partial charge in [-0.2, -0.15) is 5.26 Å². The van der Waals surface area contributed by atoms with Gasteiger partial charge in [0.2, 0.25) is 0 Å². The van der Waals surface area contributed by atoms with Crippen LogP contribution in [0.3, 0.4) is 0 Å². The number of Topliss-reactive ketones (excluding diaryl/α,β-unsaturated/α-hetero) is 1. The number of hydrogen-bond donors (Lipinski definition) is 1. The molecule has 2 N–H and O–H groups in total. The van der Waals surface area contributed by atoms with Crippen LogP contribution in [0, 0.1) is 16.7 Å². The van der Waals surface area contributed by atoms with Gasteiger partial charge in [0.15, 0.2) is 11.4 Å². The van der Waals surface area contributed by atoms with Crippen molar-refractivity contribution in [3.63, 3.8) is 0 Å². The molecule has 0 spiro atoms. The van der Waals surface area contributed by atoms with Gasteiger partial charge in [0, 0.05) is 46.6 Å². The summed E-state index contributed by atoms with van der Waals surface area (Å²) in [6.07, 6.45) is 10.5. The molecule has 1 atom stereocenters. The largest absolute Gasteiger partial charge is 0.491 e. The molecule has 6 nitrogen and oxygen atoms in total. The maximum absolute atomic E-state index is 13.8. The van der Waals surface area contributed by atoms with Gasteiger partial charge in [-0.05, 0) is 69.0 Å². The molecule has 0 fully saturated rings. The minimum absolute atomic E-state index is 0.0869. The zero-order valence-electron chi connectivity index (χ0n) is 20.4. The molecule has 1 heterocycles. The molecule has 0 bridgehead atoms. The molecule has 3 aliphatic rings. The Morgan fingerprint density at radius 2 is 1.85 bits per heavy atom. The van der Waals surface area contributed by atoms with Crippen LogP contribution in [0.15, 0.2) is 82.1 Å². The zero-order chi connectivity index (χ0) is 24.7. The lowest BCUT2D eigenvalue weighted by Crippen LogP contribution is -2.45. The molecule has 1 aromatic rings. The van der Waals surface area contributed by atoms with Crippen molar-refractivity contribution in [1.29, 1.82) is 5.26 Å². The summed E-state index contributed by atoms with van der Waals surface area (Å²) in [4.78, 5) is 17.9. The highest BCUT2D eigenvalue weighted by atomic mass is 16.6. The van der Waals surface area contributed by atoms with Crippen LogP contribution in [0.2, 0.25) is 0 Å². The van der Waals surface area contributed by atoms with Crippen molar-refractivity contribution in [2.45, 2.75) is 65.6 Å². The number of nitriles is 1. The highest BCUT2D eigenvalue weighted by Gasteiger charge is 2.48. The summed E-state index contributed by atoms with van der Waals surface area (Å²) in [5, 5.41) is 9.19. The van der Waals surface area contributed by atoms with Gasteiger partial charge >= 0.3 is 0 Å². The van der Waals surface area contributed by atoms with Crippen molar-refractivity contribution in [1.82, 2.24) is 4.98 Å². The molecule has 4 rings (SSSR count). The Balaban J connectivity index is 1.80. The first-order chi connectivity index (χ1) is 16.1. The monoisotopic (exact) mass is 457 g/mol. The lowest BCUT2D eigenvalue weighted by Gasteiger charge is -2.44. The van der Waals surface area contributed by atoms with Crippen molar-refractivity contribution in [2.75, 3.05) is 0 Å². The van der Waals surface area contributed by atoms with Crippen LogP contribution in [0.1, 0.15) is 53.9 Å². The standard InChI is InChI=1S/C28H31N3O3/c1-17(2)33-23-14-21-22(15-28(23,5)34-20-10-12-31-13-11-20)27(3,4)26(30)24(25(21)32)19-8-6-18(16-29)7-9-19/h6,8,10-14,17H,7,9,15,30H2,1-5H3. The summed E-state index contributed by atoms with van der Waals surface area (Å²) >= 11 is 0. The smallest absolute Gasteiger partial charge is 0.195 e. The van der Waals surface area contributed by atoms with E-state index in [1.807, 2.05) is 45.1 Å². The minimum Gasteiger partial charge on any atom is -0.491 e. The predicted molar refractivity (Wildman–Crippen MR) is 130 cm³/mol. The van der Waals surface area contributed by atoms with Crippen LogP contribution >= 0.6 is 0 Å². The molecule has 176 valence electrons. The Morgan fingerprint density at radius 3 is 2.44 bits per heavy atom. The van der Waals surface area contributed by atoms with E-state index in [0.717, 1.165) is 11.1 Å². The van der Waals surface area contributed by atoms with E-state index in [9.17, 15) is 10.1 Å². The molecule has 0 amide bonds. The molecule has 1 unspecified atom stereocenters. The maximum atomic E-state index is 13.8. The Hall–Kier alpha value is -3.59. The topological polar surface area (TPSA) is 98.2 Å². The normalized spacial score (nSPS) is 24.1. The number of ketones is 1. The summed E-state index contributed by atoms with van der Waals surface area (Å²) < 4.78 is 12.7. The fourth-order valence-electron chi connectivity index (χ4n) is 4.81. The molecule has 0 aliphatic heterocycles. The van der Waals surface area contributed by atoms with Gasteiger partial charge in [-0.15, -0.1) is 0 Å². The fourth-order valence-corrected chi connectivity index (χ4v) is 4.81. The van der Waals surface area contributed by atoms with Gasteiger partial charge in [0.1, 0.15) is 11.5 Å². The Labute approximate surface area is 201 Å². The summed E-state index contributed by atoms with van der Waals surface area (Å²) in [5.74, 6) is 1.20. The van der Waals surface area contributed by atoms with Gasteiger partial charge in [-0.25, -0.2) is 0 Å². The van der Waals surface area contributed by atoms with Crippen LogP contribution in [-0.2, 0) is 9.53 Å². The number of aromatic nitrogens is 1. The molecular weight excluding hydrogens is 426 g/mol. The number of hydrogen-bond acceptors (Lipinski definition) is 6. The molecule has 0 saturated carbocycles. The Morgan fingerprint density at radius 1 is 1.15 bits per heavy atom. The third kappa shape index (κ3) is 4.07. The van der Waals surface area contributed by atoms with Crippen LogP contribution in [0.25, 0.3) is 0 Å². The van der Waals surface area contributed by atoms with Crippen LogP contribution < -0.4 is 10.5 Å². The van der Waals surface area contributed by atoms with E-state index in [1.165, 1.54) is 0 Å². The summed E-state index contributed by atoms with van der Waals surface area (Å²) in [6.45, 7) is 10.0. The Kier molecular flexibility index (Phi) is 5.99. The second kappa shape index (κ2) is 8.64. The molecule has 3 aliphatic carbocycles. The predicted octanol–water partition coefficient (Wildman–Crippen LogP) is 5.22. The molecular formula is C28H31N3O3. The second-order valence-electron chi connectivity index (χ2n) is 10.00. The molecule has 0 saturated heterocycles. The van der Waals surface area contributed by atoms with E-state index in [1.54, 1.807) is 18.5 Å². The van der Waals surface area contributed by atoms with E-state index in [0.29, 0.717) is 53.2 Å². The van der Waals surface area contributed by atoms with Crippen LogP contribution in [-0.4, -0.2) is 22.5 Å². The minimum atomic E-state index is -0.811. The first-order valence-electron chi connectivity index (χ1n) is 11.6.